The lowest BCUT2D eigenvalue weighted by molar-refractivity contribution is 0.0627. The molecule has 4 rings (SSSR count). The second-order valence-corrected chi connectivity index (χ2v) is 10.5. The predicted molar refractivity (Wildman–Crippen MR) is 136 cm³/mol. The minimum absolute atomic E-state index is 0.0884. The first-order chi connectivity index (χ1) is 16.5. The maximum atomic E-state index is 13.5. The fraction of sp³-hybridized carbons (Fsp3) is 0.577. The predicted octanol–water partition coefficient (Wildman–Crippen LogP) is 3.86. The molecule has 0 aliphatic carbocycles. The van der Waals surface area contributed by atoms with E-state index in [1.165, 1.54) is 4.88 Å². The van der Waals surface area contributed by atoms with Gasteiger partial charge in [0.15, 0.2) is 0 Å². The molecule has 2 saturated heterocycles. The molecule has 0 bridgehead atoms. The first kappa shape index (κ1) is 24.7. The van der Waals surface area contributed by atoms with Gasteiger partial charge >= 0.3 is 0 Å². The highest BCUT2D eigenvalue weighted by molar-refractivity contribution is 7.09. The summed E-state index contributed by atoms with van der Waals surface area (Å²) in [6.45, 7) is 9.05. The van der Waals surface area contributed by atoms with E-state index >= 15 is 0 Å². The van der Waals surface area contributed by atoms with Crippen LogP contribution >= 0.6 is 11.3 Å². The Labute approximate surface area is 206 Å². The van der Waals surface area contributed by atoms with Crippen molar-refractivity contribution in [2.45, 2.75) is 58.5 Å². The molecule has 0 saturated carbocycles. The van der Waals surface area contributed by atoms with Gasteiger partial charge in [0, 0.05) is 69.1 Å². The highest BCUT2D eigenvalue weighted by atomic mass is 32.1. The first-order valence-electron chi connectivity index (χ1n) is 12.6. The van der Waals surface area contributed by atoms with Crippen molar-refractivity contribution in [2.24, 2.45) is 0 Å². The van der Waals surface area contributed by atoms with Crippen molar-refractivity contribution in [2.75, 3.05) is 39.3 Å². The average Bonchev–Trinajstić information content (AvgIpc) is 3.22. The second-order valence-electron chi connectivity index (χ2n) is 9.47. The van der Waals surface area contributed by atoms with E-state index in [4.69, 9.17) is 0 Å². The molecule has 4 heterocycles. The maximum absolute atomic E-state index is 13.5. The number of likely N-dealkylation sites (tertiary alicyclic amines) is 1. The molecule has 2 aliphatic heterocycles. The quantitative estimate of drug-likeness (QED) is 0.625. The molecule has 2 aromatic rings. The van der Waals surface area contributed by atoms with E-state index in [2.05, 4.69) is 29.3 Å². The van der Waals surface area contributed by atoms with Gasteiger partial charge in [-0.25, -0.2) is 0 Å². The number of hydrogen-bond acceptors (Lipinski definition) is 5. The highest BCUT2D eigenvalue weighted by Gasteiger charge is 2.28. The van der Waals surface area contributed by atoms with Gasteiger partial charge in [0.05, 0.1) is 0 Å². The van der Waals surface area contributed by atoms with Crippen LogP contribution in [0.25, 0.3) is 0 Å². The summed E-state index contributed by atoms with van der Waals surface area (Å²) in [5.41, 5.74) is -0.183. The molecule has 0 radical (unpaired) electrons. The minimum atomic E-state index is -0.431. The third-order valence-electron chi connectivity index (χ3n) is 7.12. The monoisotopic (exact) mass is 484 g/mol. The Kier molecular flexibility index (Phi) is 8.21. The van der Waals surface area contributed by atoms with E-state index in [0.717, 1.165) is 51.7 Å². The Bertz CT molecular complexity index is 1030. The minimum Gasteiger partial charge on any atom is -0.350 e. The Morgan fingerprint density at radius 2 is 1.50 bits per heavy atom. The molecule has 7 nitrogen and oxygen atoms in total. The molecule has 34 heavy (non-hydrogen) atoms. The van der Waals surface area contributed by atoms with Gasteiger partial charge < -0.3 is 14.4 Å². The number of amides is 2. The molecule has 2 amide bonds. The van der Waals surface area contributed by atoms with E-state index in [9.17, 15) is 14.4 Å². The van der Waals surface area contributed by atoms with Gasteiger partial charge in [0.1, 0.15) is 11.1 Å². The van der Waals surface area contributed by atoms with Crippen LogP contribution in [0.15, 0.2) is 34.7 Å². The van der Waals surface area contributed by atoms with Gasteiger partial charge in [-0.05, 0) is 37.6 Å². The van der Waals surface area contributed by atoms with Crippen molar-refractivity contribution in [3.05, 3.63) is 56.1 Å². The third-order valence-corrected chi connectivity index (χ3v) is 7.98. The van der Waals surface area contributed by atoms with Crippen LogP contribution in [0.1, 0.15) is 77.6 Å². The second kappa shape index (κ2) is 11.3. The number of hydrogen-bond donors (Lipinski definition) is 0. The fourth-order valence-corrected chi connectivity index (χ4v) is 5.46. The van der Waals surface area contributed by atoms with Gasteiger partial charge in [-0.2, -0.15) is 0 Å². The van der Waals surface area contributed by atoms with E-state index in [0.29, 0.717) is 26.2 Å². The zero-order chi connectivity index (χ0) is 24.1. The van der Waals surface area contributed by atoms with Crippen LogP contribution < -0.4 is 5.43 Å². The average molecular weight is 485 g/mol. The standard InChI is InChI=1S/C26H36N4O3S/c1-3-20(2)30-18-22(25(32)28-10-6-4-5-7-11-28)24(31)23(19-30)26(33)29-14-12-27(13-15-29)17-21-9-8-16-34-21/h8-9,16,18-20H,3-7,10-15,17H2,1-2H3. The zero-order valence-electron chi connectivity index (χ0n) is 20.4. The van der Waals surface area contributed by atoms with Crippen LogP contribution in [0.4, 0.5) is 0 Å². The summed E-state index contributed by atoms with van der Waals surface area (Å²) in [5, 5.41) is 2.08. The van der Waals surface area contributed by atoms with Crippen molar-refractivity contribution >= 4 is 23.2 Å². The van der Waals surface area contributed by atoms with Gasteiger partial charge in [-0.1, -0.05) is 25.8 Å². The van der Waals surface area contributed by atoms with Gasteiger partial charge in [0.25, 0.3) is 11.8 Å². The number of nitrogens with zero attached hydrogens (tertiary/aromatic N) is 4. The lowest BCUT2D eigenvalue weighted by Gasteiger charge is -2.34. The smallest absolute Gasteiger partial charge is 0.259 e. The molecule has 2 fully saturated rings. The Morgan fingerprint density at radius 3 is 2.03 bits per heavy atom. The van der Waals surface area contributed by atoms with Crippen LogP contribution in [0.5, 0.6) is 0 Å². The molecule has 1 atom stereocenters. The summed E-state index contributed by atoms with van der Waals surface area (Å²) in [5.74, 6) is -0.497. The van der Waals surface area contributed by atoms with Crippen molar-refractivity contribution in [3.63, 3.8) is 0 Å². The molecular formula is C26H36N4O3S. The van der Waals surface area contributed by atoms with Crippen LogP contribution in [0.3, 0.4) is 0 Å². The fourth-order valence-electron chi connectivity index (χ4n) is 4.71. The molecule has 8 heteroatoms. The van der Waals surface area contributed by atoms with Crippen molar-refractivity contribution in [1.82, 2.24) is 19.3 Å². The normalized spacial score (nSPS) is 18.5. The van der Waals surface area contributed by atoms with E-state index in [1.807, 2.05) is 11.5 Å². The van der Waals surface area contributed by atoms with Crippen molar-refractivity contribution in [1.29, 1.82) is 0 Å². The Balaban J connectivity index is 1.55. The Morgan fingerprint density at radius 1 is 0.912 bits per heavy atom. The molecule has 1 unspecified atom stereocenters. The molecule has 2 aliphatic rings. The molecule has 184 valence electrons. The maximum Gasteiger partial charge on any atom is 0.259 e. The molecule has 2 aromatic heterocycles. The number of aromatic nitrogens is 1. The largest absolute Gasteiger partial charge is 0.350 e. The molecular weight excluding hydrogens is 448 g/mol. The number of pyridine rings is 1. The summed E-state index contributed by atoms with van der Waals surface area (Å²) in [4.78, 5) is 47.5. The van der Waals surface area contributed by atoms with Gasteiger partial charge in [-0.15, -0.1) is 11.3 Å². The molecule has 0 aromatic carbocycles. The molecule has 0 spiro atoms. The first-order valence-corrected chi connectivity index (χ1v) is 13.4. The number of carbonyl (C=O) groups excluding carboxylic acids is 2. The third kappa shape index (κ3) is 5.61. The van der Waals surface area contributed by atoms with Gasteiger partial charge in [0.2, 0.25) is 5.43 Å². The van der Waals surface area contributed by atoms with Crippen molar-refractivity contribution in [3.8, 4) is 0 Å². The lowest BCUT2D eigenvalue weighted by Crippen LogP contribution is -2.49. The number of carbonyl (C=O) groups is 2. The topological polar surface area (TPSA) is 65.9 Å². The summed E-state index contributed by atoms with van der Waals surface area (Å²) in [6, 6.07) is 4.28. The summed E-state index contributed by atoms with van der Waals surface area (Å²) >= 11 is 1.74. The highest BCUT2D eigenvalue weighted by Crippen LogP contribution is 2.18. The zero-order valence-corrected chi connectivity index (χ0v) is 21.2. The van der Waals surface area contributed by atoms with Crippen molar-refractivity contribution < 1.29 is 9.59 Å². The summed E-state index contributed by atoms with van der Waals surface area (Å²) in [7, 11) is 0. The number of piperazine rings is 1. The number of rotatable bonds is 6. The summed E-state index contributed by atoms with van der Waals surface area (Å²) < 4.78 is 1.88. The SMILES string of the molecule is CCC(C)n1cc(C(=O)N2CCCCCC2)c(=O)c(C(=O)N2CCN(Cc3cccs3)CC2)c1. The lowest BCUT2D eigenvalue weighted by atomic mass is 10.1. The van der Waals surface area contributed by atoms with Crippen LogP contribution in [0.2, 0.25) is 0 Å². The number of thiophene rings is 1. The van der Waals surface area contributed by atoms with E-state index < -0.39 is 5.43 Å². The summed E-state index contributed by atoms with van der Waals surface area (Å²) in [6.07, 6.45) is 8.31. The van der Waals surface area contributed by atoms with Crippen LogP contribution in [0, 0.1) is 0 Å². The van der Waals surface area contributed by atoms with Crippen LogP contribution in [-0.4, -0.2) is 70.3 Å². The molecule has 0 N–H and O–H groups in total. The van der Waals surface area contributed by atoms with E-state index in [1.54, 1.807) is 33.5 Å². The van der Waals surface area contributed by atoms with Crippen LogP contribution in [-0.2, 0) is 6.54 Å². The van der Waals surface area contributed by atoms with E-state index in [-0.39, 0.29) is 29.0 Å². The Hall–Kier alpha value is -2.45. The van der Waals surface area contributed by atoms with Gasteiger partial charge in [-0.3, -0.25) is 19.3 Å².